The molecule has 0 saturated heterocycles. The third-order valence-corrected chi connectivity index (χ3v) is 8.31. The average Bonchev–Trinajstić information content (AvgIpc) is 3.95. The van der Waals surface area contributed by atoms with Crippen LogP contribution in [0, 0.1) is 0 Å². The summed E-state index contributed by atoms with van der Waals surface area (Å²) in [5, 5.41) is 0. The maximum Gasteiger partial charge on any atom is 0.137 e. The van der Waals surface area contributed by atoms with Gasteiger partial charge in [0.15, 0.2) is 0 Å². The monoisotopic (exact) mass is 784 g/mol. The van der Waals surface area contributed by atoms with Gasteiger partial charge in [-0.3, -0.25) is 19.5 Å². The summed E-state index contributed by atoms with van der Waals surface area (Å²) in [4.78, 5) is 33.3. The van der Waals surface area contributed by atoms with Crippen LogP contribution in [0.4, 0.5) is 0 Å². The second kappa shape index (κ2) is 14.1. The van der Waals surface area contributed by atoms with Gasteiger partial charge in [0.1, 0.15) is 5.82 Å². The number of aromatic amines is 1. The molecule has 9 heterocycles. The molecule has 8 bridgehead atoms. The third-order valence-electron chi connectivity index (χ3n) is 8.31. The van der Waals surface area contributed by atoms with Crippen molar-refractivity contribution in [3.05, 3.63) is 151 Å². The predicted octanol–water partition coefficient (Wildman–Crippen LogP) is 8.69. The second-order valence-electron chi connectivity index (χ2n) is 11.4. The molecule has 50 heavy (non-hydrogen) atoms. The van der Waals surface area contributed by atoms with Crippen LogP contribution < -0.4 is 0 Å². The van der Waals surface area contributed by atoms with E-state index in [2.05, 4.69) is 21.7 Å². The zero-order valence-corrected chi connectivity index (χ0v) is 31.3. The van der Waals surface area contributed by atoms with E-state index in [4.69, 9.17) is 29.9 Å². The number of rotatable bonds is 4. The van der Waals surface area contributed by atoms with Gasteiger partial charge in [0, 0.05) is 85.9 Å². The molecule has 236 valence electrons. The van der Waals surface area contributed by atoms with Crippen LogP contribution in [0.3, 0.4) is 0 Å². The van der Waals surface area contributed by atoms with Crippen molar-refractivity contribution in [1.82, 2.24) is 39.5 Å². The van der Waals surface area contributed by atoms with Crippen LogP contribution in [0.25, 0.3) is 86.0 Å². The van der Waals surface area contributed by atoms with E-state index < -0.39 is 0 Å². The number of H-pyrrole nitrogens is 1. The number of nitrogens with zero attached hydrogens (tertiary/aromatic N) is 7. The first-order valence-electron chi connectivity index (χ1n) is 15.6. The van der Waals surface area contributed by atoms with Crippen molar-refractivity contribution in [2.75, 3.05) is 0 Å². The maximum atomic E-state index is 5.19. The standard InChI is InChI=1S/C40H26N8.Ru.Zn/c1-5-19-41-31(9-1)37-34-18-17-29(47-34)24-28-14-13-26(45-28)23-27-15-16-30(46-27)25-35-38(32-10-2-6-20-42-32)39(33-11-3-7-21-43-33)40(37)48(35)36-12-4-8-22-44-36;;/h1-25,45H;;. The van der Waals surface area contributed by atoms with E-state index in [0.29, 0.717) is 0 Å². The molecule has 0 aromatic carbocycles. The number of hydrogen-bond donors (Lipinski definition) is 1. The van der Waals surface area contributed by atoms with Gasteiger partial charge in [-0.1, -0.05) is 24.3 Å². The number of aromatic nitrogens is 8. The van der Waals surface area contributed by atoms with E-state index in [1.807, 2.05) is 140 Å². The van der Waals surface area contributed by atoms with Crippen LogP contribution in [0.1, 0.15) is 22.8 Å². The van der Waals surface area contributed by atoms with Crippen molar-refractivity contribution < 1.29 is 39.0 Å². The summed E-state index contributed by atoms with van der Waals surface area (Å²) in [5.41, 5.74) is 11.8. The molecule has 7 aromatic heterocycles. The fourth-order valence-electron chi connectivity index (χ4n) is 6.31. The van der Waals surface area contributed by atoms with E-state index in [-0.39, 0.29) is 39.0 Å². The summed E-state index contributed by atoms with van der Waals surface area (Å²) in [7, 11) is 0. The van der Waals surface area contributed by atoms with Crippen molar-refractivity contribution in [1.29, 1.82) is 0 Å². The summed E-state index contributed by atoms with van der Waals surface area (Å²) < 4.78 is 2.18. The Bertz CT molecular complexity index is 2550. The molecule has 0 atom stereocenters. The summed E-state index contributed by atoms with van der Waals surface area (Å²) in [6, 6.07) is 34.1. The molecule has 7 aromatic rings. The first kappa shape index (κ1) is 33.0. The first-order valence-corrected chi connectivity index (χ1v) is 15.6. The van der Waals surface area contributed by atoms with Gasteiger partial charge in [-0.2, -0.15) is 0 Å². The van der Waals surface area contributed by atoms with Crippen LogP contribution in [0.2, 0.25) is 0 Å². The Morgan fingerprint density at radius 3 is 1.58 bits per heavy atom. The van der Waals surface area contributed by atoms with Crippen molar-refractivity contribution in [3.8, 4) is 39.6 Å². The van der Waals surface area contributed by atoms with Gasteiger partial charge in [-0.15, -0.1) is 0 Å². The Kier molecular flexibility index (Phi) is 9.31. The second-order valence-corrected chi connectivity index (χ2v) is 11.4. The minimum atomic E-state index is 0. The van der Waals surface area contributed by atoms with Crippen LogP contribution in [0.5, 0.6) is 0 Å². The van der Waals surface area contributed by atoms with E-state index in [0.717, 1.165) is 84.4 Å². The molecule has 1 N–H and O–H groups in total. The van der Waals surface area contributed by atoms with E-state index in [1.54, 1.807) is 0 Å². The molecule has 0 fully saturated rings. The van der Waals surface area contributed by atoms with Crippen molar-refractivity contribution >= 4 is 46.4 Å². The SMILES string of the molecule is C1=Cc2cc3c(-c4ccccn4)c(-c4ccccn4)c(c(-c4ccccn4)c4nc(cc5ccc(cc1n2)[nH]5)C=C4)n3-c1ccccn1.[Ru].[Zn]. The third kappa shape index (κ3) is 6.09. The molecule has 0 aliphatic carbocycles. The fourth-order valence-corrected chi connectivity index (χ4v) is 6.31. The number of fused-ring (bicyclic) bond motifs is 8. The summed E-state index contributed by atoms with van der Waals surface area (Å²) >= 11 is 0. The molecule has 0 amide bonds. The summed E-state index contributed by atoms with van der Waals surface area (Å²) in [6.07, 6.45) is 15.4. The van der Waals surface area contributed by atoms with Crippen molar-refractivity contribution in [3.63, 3.8) is 0 Å². The van der Waals surface area contributed by atoms with Gasteiger partial charge in [0.25, 0.3) is 0 Å². The molecule has 9 rings (SSSR count). The van der Waals surface area contributed by atoms with Gasteiger partial charge in [-0.25, -0.2) is 15.0 Å². The zero-order chi connectivity index (χ0) is 31.9. The van der Waals surface area contributed by atoms with E-state index in [1.165, 1.54) is 0 Å². The molecule has 0 unspecified atom stereocenters. The first-order chi connectivity index (χ1) is 23.8. The Morgan fingerprint density at radius 1 is 0.480 bits per heavy atom. The van der Waals surface area contributed by atoms with Gasteiger partial charge < -0.3 is 4.98 Å². The predicted molar refractivity (Wildman–Crippen MR) is 191 cm³/mol. The van der Waals surface area contributed by atoms with Gasteiger partial charge in [0.05, 0.1) is 56.5 Å². The van der Waals surface area contributed by atoms with Gasteiger partial charge in [0.2, 0.25) is 0 Å². The van der Waals surface area contributed by atoms with Crippen LogP contribution >= 0.6 is 0 Å². The largest absolute Gasteiger partial charge is 0.355 e. The molecule has 0 radical (unpaired) electrons. The minimum Gasteiger partial charge on any atom is -0.355 e. The molecule has 8 nitrogen and oxygen atoms in total. The van der Waals surface area contributed by atoms with Crippen LogP contribution in [-0.4, -0.2) is 39.5 Å². The maximum absolute atomic E-state index is 5.19. The van der Waals surface area contributed by atoms with Crippen LogP contribution in [0.15, 0.2) is 128 Å². The van der Waals surface area contributed by atoms with Crippen molar-refractivity contribution in [2.24, 2.45) is 0 Å². The summed E-state index contributed by atoms with van der Waals surface area (Å²) in [6.45, 7) is 0. The Hall–Kier alpha value is -5.55. The smallest absolute Gasteiger partial charge is 0.137 e. The zero-order valence-electron chi connectivity index (χ0n) is 26.6. The molecule has 10 heteroatoms. The van der Waals surface area contributed by atoms with Crippen LogP contribution in [-0.2, 0) is 39.0 Å². The molecular weight excluding hydrogens is 759 g/mol. The van der Waals surface area contributed by atoms with E-state index in [9.17, 15) is 0 Å². The van der Waals surface area contributed by atoms with Crippen molar-refractivity contribution in [2.45, 2.75) is 0 Å². The molecule has 2 aliphatic rings. The Balaban J connectivity index is 0.00000196. The average molecular weight is 785 g/mol. The molecule has 2 aliphatic heterocycles. The number of hydrogen-bond acceptors (Lipinski definition) is 6. The van der Waals surface area contributed by atoms with Gasteiger partial charge >= 0.3 is 0 Å². The Labute approximate surface area is 313 Å². The topological polar surface area (TPSA) is 98.1 Å². The number of pyridine rings is 4. The normalized spacial score (nSPS) is 11.5. The molecule has 0 saturated carbocycles. The molecule has 0 spiro atoms. The summed E-state index contributed by atoms with van der Waals surface area (Å²) in [5.74, 6) is 0.724. The Morgan fingerprint density at radius 2 is 1.00 bits per heavy atom. The minimum absolute atomic E-state index is 0. The fraction of sp³-hybridized carbons (Fsp3) is 0. The van der Waals surface area contributed by atoms with Gasteiger partial charge in [-0.05, 0) is 103 Å². The molecular formula is C40H26N8RuZn. The van der Waals surface area contributed by atoms with E-state index >= 15 is 0 Å². The quantitative estimate of drug-likeness (QED) is 0.180. The number of nitrogens with one attached hydrogen (secondary N) is 1.